The molecule has 0 spiro atoms. The predicted octanol–water partition coefficient (Wildman–Crippen LogP) is -0.232. The summed E-state index contributed by atoms with van der Waals surface area (Å²) in [6.07, 6.45) is 2.76. The second-order valence-electron chi connectivity index (χ2n) is 2.91. The van der Waals surface area contributed by atoms with Gasteiger partial charge < -0.3 is 10.6 Å². The number of carbonyl (C=O) groups excluding carboxylic acids is 1. The molecule has 4 heteroatoms. The molecule has 0 atom stereocenters. The monoisotopic (exact) mass is 167 g/mol. The maximum Gasteiger partial charge on any atom is 0.233 e. The molecule has 1 aliphatic carbocycles. The Balaban J connectivity index is 1.92. The van der Waals surface area contributed by atoms with Gasteiger partial charge in [-0.2, -0.15) is 5.26 Å². The molecule has 1 amide bonds. The van der Waals surface area contributed by atoms with E-state index in [0.29, 0.717) is 25.6 Å². The molecule has 0 unspecified atom stereocenters. The highest BCUT2D eigenvalue weighted by molar-refractivity contribution is 5.78. The van der Waals surface area contributed by atoms with Crippen molar-refractivity contribution in [3.05, 3.63) is 0 Å². The summed E-state index contributed by atoms with van der Waals surface area (Å²) in [5.41, 5.74) is 0. The fraction of sp³-hybridized carbons (Fsp3) is 0.750. The van der Waals surface area contributed by atoms with Gasteiger partial charge in [0.2, 0.25) is 5.91 Å². The van der Waals surface area contributed by atoms with Crippen molar-refractivity contribution in [1.29, 1.82) is 5.26 Å². The third kappa shape index (κ3) is 3.94. The van der Waals surface area contributed by atoms with Crippen molar-refractivity contribution in [2.75, 3.05) is 13.1 Å². The zero-order chi connectivity index (χ0) is 8.81. The second kappa shape index (κ2) is 4.73. The van der Waals surface area contributed by atoms with Gasteiger partial charge >= 0.3 is 0 Å². The molecule has 0 radical (unpaired) electrons. The summed E-state index contributed by atoms with van der Waals surface area (Å²) >= 11 is 0. The summed E-state index contributed by atoms with van der Waals surface area (Å²) < 4.78 is 0. The number of nitrogens with one attached hydrogen (secondary N) is 2. The number of amides is 1. The Morgan fingerprint density at radius 1 is 1.58 bits per heavy atom. The van der Waals surface area contributed by atoms with E-state index >= 15 is 0 Å². The minimum atomic E-state index is -0.0165. The van der Waals surface area contributed by atoms with Crippen LogP contribution in [-0.2, 0) is 4.79 Å². The molecule has 0 aromatic heterocycles. The average molecular weight is 167 g/mol. The van der Waals surface area contributed by atoms with E-state index in [-0.39, 0.29) is 5.91 Å². The van der Waals surface area contributed by atoms with Crippen molar-refractivity contribution in [1.82, 2.24) is 10.6 Å². The van der Waals surface area contributed by atoms with Gasteiger partial charge in [-0.05, 0) is 12.8 Å². The third-order valence-electron chi connectivity index (χ3n) is 1.69. The molecule has 1 rings (SSSR count). The largest absolute Gasteiger partial charge is 0.354 e. The van der Waals surface area contributed by atoms with Gasteiger partial charge in [0, 0.05) is 12.6 Å². The Bertz CT molecular complexity index is 193. The fourth-order valence-corrected chi connectivity index (χ4v) is 0.845. The standard InChI is InChI=1S/C8H13N3O/c9-4-1-5-10-8(12)6-11-7-2-3-7/h7,11H,1-3,5-6H2,(H,10,12). The first-order valence-electron chi connectivity index (χ1n) is 4.20. The van der Waals surface area contributed by atoms with Gasteiger partial charge in [0.25, 0.3) is 0 Å². The number of nitrogens with zero attached hydrogens (tertiary/aromatic N) is 1. The van der Waals surface area contributed by atoms with Gasteiger partial charge in [0.05, 0.1) is 19.0 Å². The maximum atomic E-state index is 11.0. The van der Waals surface area contributed by atoms with Crippen molar-refractivity contribution in [3.8, 4) is 6.07 Å². The van der Waals surface area contributed by atoms with Crippen LogP contribution in [-0.4, -0.2) is 25.0 Å². The highest BCUT2D eigenvalue weighted by Gasteiger charge is 2.20. The molecule has 0 saturated heterocycles. The zero-order valence-electron chi connectivity index (χ0n) is 6.97. The zero-order valence-corrected chi connectivity index (χ0v) is 6.97. The van der Waals surface area contributed by atoms with Crippen LogP contribution in [0.2, 0.25) is 0 Å². The number of carbonyl (C=O) groups is 1. The van der Waals surface area contributed by atoms with Crippen molar-refractivity contribution in [3.63, 3.8) is 0 Å². The van der Waals surface area contributed by atoms with Crippen LogP contribution in [0.25, 0.3) is 0 Å². The lowest BCUT2D eigenvalue weighted by atomic mass is 10.4. The highest BCUT2D eigenvalue weighted by Crippen LogP contribution is 2.17. The first kappa shape index (κ1) is 9.01. The van der Waals surface area contributed by atoms with Gasteiger partial charge in [-0.1, -0.05) is 0 Å². The Labute approximate surface area is 71.9 Å². The minimum Gasteiger partial charge on any atom is -0.354 e. The quantitative estimate of drug-likeness (QED) is 0.556. The van der Waals surface area contributed by atoms with Crippen molar-refractivity contribution in [2.24, 2.45) is 0 Å². The maximum absolute atomic E-state index is 11.0. The molecule has 1 fully saturated rings. The van der Waals surface area contributed by atoms with Gasteiger partial charge in [0.1, 0.15) is 0 Å². The van der Waals surface area contributed by atoms with Crippen LogP contribution in [0.5, 0.6) is 0 Å². The second-order valence-corrected chi connectivity index (χ2v) is 2.91. The molecule has 66 valence electrons. The molecule has 0 aromatic carbocycles. The SMILES string of the molecule is N#CCCNC(=O)CNC1CC1. The van der Waals surface area contributed by atoms with Crippen molar-refractivity contribution >= 4 is 5.91 Å². The summed E-state index contributed by atoms with van der Waals surface area (Å²) in [4.78, 5) is 11.0. The van der Waals surface area contributed by atoms with Crippen LogP contribution in [0.15, 0.2) is 0 Å². The van der Waals surface area contributed by atoms with Crippen LogP contribution in [0.1, 0.15) is 19.3 Å². The first-order chi connectivity index (χ1) is 5.83. The molecule has 0 aliphatic heterocycles. The van der Waals surface area contributed by atoms with E-state index in [9.17, 15) is 4.79 Å². The van der Waals surface area contributed by atoms with E-state index in [1.807, 2.05) is 6.07 Å². The Hall–Kier alpha value is -1.08. The molecular formula is C8H13N3O. The van der Waals surface area contributed by atoms with Crippen molar-refractivity contribution < 1.29 is 4.79 Å². The van der Waals surface area contributed by atoms with E-state index in [1.165, 1.54) is 12.8 Å². The average Bonchev–Trinajstić information content (AvgIpc) is 2.84. The molecule has 0 heterocycles. The van der Waals surface area contributed by atoms with E-state index in [0.717, 1.165) is 0 Å². The van der Waals surface area contributed by atoms with E-state index < -0.39 is 0 Å². The van der Waals surface area contributed by atoms with Crippen LogP contribution in [0.3, 0.4) is 0 Å². The summed E-state index contributed by atoms with van der Waals surface area (Å²) in [6, 6.07) is 2.53. The lowest BCUT2D eigenvalue weighted by molar-refractivity contribution is -0.120. The fourth-order valence-electron chi connectivity index (χ4n) is 0.845. The van der Waals surface area contributed by atoms with Gasteiger partial charge in [0.15, 0.2) is 0 Å². The Morgan fingerprint density at radius 3 is 2.92 bits per heavy atom. The number of nitriles is 1. The number of rotatable bonds is 5. The summed E-state index contributed by atoms with van der Waals surface area (Å²) in [5.74, 6) is -0.0165. The Kier molecular flexibility index (Phi) is 3.55. The molecule has 0 bridgehead atoms. The van der Waals surface area contributed by atoms with Crippen LogP contribution in [0.4, 0.5) is 0 Å². The Morgan fingerprint density at radius 2 is 2.33 bits per heavy atom. The van der Waals surface area contributed by atoms with Gasteiger partial charge in [-0.3, -0.25) is 4.79 Å². The van der Waals surface area contributed by atoms with E-state index in [4.69, 9.17) is 5.26 Å². The topological polar surface area (TPSA) is 64.9 Å². The van der Waals surface area contributed by atoms with Gasteiger partial charge in [-0.15, -0.1) is 0 Å². The normalized spacial score (nSPS) is 15.2. The number of hydrogen-bond donors (Lipinski definition) is 2. The first-order valence-corrected chi connectivity index (χ1v) is 4.20. The summed E-state index contributed by atoms with van der Waals surface area (Å²) in [6.45, 7) is 0.845. The molecule has 4 nitrogen and oxygen atoms in total. The van der Waals surface area contributed by atoms with Crippen LogP contribution < -0.4 is 10.6 Å². The lowest BCUT2D eigenvalue weighted by Gasteiger charge is -2.02. The van der Waals surface area contributed by atoms with Crippen molar-refractivity contribution in [2.45, 2.75) is 25.3 Å². The van der Waals surface area contributed by atoms with Crippen LogP contribution in [0, 0.1) is 11.3 Å². The summed E-state index contributed by atoms with van der Waals surface area (Å²) in [7, 11) is 0. The summed E-state index contributed by atoms with van der Waals surface area (Å²) in [5, 5.41) is 13.9. The predicted molar refractivity (Wildman–Crippen MR) is 44.3 cm³/mol. The highest BCUT2D eigenvalue weighted by atomic mass is 16.1. The number of hydrogen-bond acceptors (Lipinski definition) is 3. The lowest BCUT2D eigenvalue weighted by Crippen LogP contribution is -2.35. The third-order valence-corrected chi connectivity index (χ3v) is 1.69. The molecule has 1 aliphatic rings. The smallest absolute Gasteiger partial charge is 0.233 e. The molecule has 0 aromatic rings. The molecular weight excluding hydrogens is 154 g/mol. The molecule has 1 saturated carbocycles. The van der Waals surface area contributed by atoms with Gasteiger partial charge in [-0.25, -0.2) is 0 Å². The minimum absolute atomic E-state index is 0.0165. The molecule has 12 heavy (non-hydrogen) atoms. The van der Waals surface area contributed by atoms with E-state index in [1.54, 1.807) is 0 Å². The van der Waals surface area contributed by atoms with Crippen LogP contribution >= 0.6 is 0 Å². The van der Waals surface area contributed by atoms with E-state index in [2.05, 4.69) is 10.6 Å². The molecule has 2 N–H and O–H groups in total.